The number of hydrogen-bond donors (Lipinski definition) is 3. The summed E-state index contributed by atoms with van der Waals surface area (Å²) in [6.45, 7) is 0. The quantitative estimate of drug-likeness (QED) is 0.280. The van der Waals surface area contributed by atoms with Crippen molar-refractivity contribution in [1.29, 1.82) is 0 Å². The Morgan fingerprint density at radius 3 is 2.33 bits per heavy atom. The van der Waals surface area contributed by atoms with E-state index in [0.29, 0.717) is 28.2 Å². The van der Waals surface area contributed by atoms with E-state index in [2.05, 4.69) is 15.8 Å². The second kappa shape index (κ2) is 11.1. The van der Waals surface area contributed by atoms with Gasteiger partial charge in [-0.1, -0.05) is 30.3 Å². The summed E-state index contributed by atoms with van der Waals surface area (Å²) < 4.78 is 10.6. The molecular formula is C25H23N3O5. The van der Waals surface area contributed by atoms with Gasteiger partial charge in [-0.3, -0.25) is 9.59 Å². The van der Waals surface area contributed by atoms with E-state index in [1.54, 1.807) is 66.7 Å². The van der Waals surface area contributed by atoms with Crippen molar-refractivity contribution in [1.82, 2.24) is 10.7 Å². The molecule has 0 saturated carbocycles. The molecule has 0 atom stereocenters. The van der Waals surface area contributed by atoms with Crippen LogP contribution in [0.1, 0.15) is 21.5 Å². The highest BCUT2D eigenvalue weighted by molar-refractivity contribution is 6.05. The maximum atomic E-state index is 12.9. The SMILES string of the molecule is COc1ccc(C=C(NC(=O)c2ccccc2)C(=O)NN=Cc2ccccc2O)c(OC)c1. The molecule has 3 rings (SSSR count). The molecule has 0 bridgehead atoms. The lowest BCUT2D eigenvalue weighted by molar-refractivity contribution is -0.117. The zero-order valence-corrected chi connectivity index (χ0v) is 18.1. The first-order valence-corrected chi connectivity index (χ1v) is 9.93. The van der Waals surface area contributed by atoms with Gasteiger partial charge >= 0.3 is 0 Å². The fourth-order valence-corrected chi connectivity index (χ4v) is 2.85. The Hall–Kier alpha value is -4.59. The van der Waals surface area contributed by atoms with E-state index >= 15 is 0 Å². The van der Waals surface area contributed by atoms with Crippen molar-refractivity contribution < 1.29 is 24.2 Å². The van der Waals surface area contributed by atoms with Crippen molar-refractivity contribution in [2.75, 3.05) is 14.2 Å². The summed E-state index contributed by atoms with van der Waals surface area (Å²) in [4.78, 5) is 25.6. The minimum absolute atomic E-state index is 0.0200. The number of phenols is 1. The number of carbonyl (C=O) groups excluding carboxylic acids is 2. The predicted molar refractivity (Wildman–Crippen MR) is 125 cm³/mol. The summed E-state index contributed by atoms with van der Waals surface area (Å²) in [7, 11) is 3.02. The third-order valence-corrected chi connectivity index (χ3v) is 4.58. The Kier molecular flexibility index (Phi) is 7.80. The molecule has 0 unspecified atom stereocenters. The number of methoxy groups -OCH3 is 2. The highest BCUT2D eigenvalue weighted by Crippen LogP contribution is 2.26. The van der Waals surface area contributed by atoms with Crippen LogP contribution < -0.4 is 20.2 Å². The number of aromatic hydroxyl groups is 1. The first-order valence-electron chi connectivity index (χ1n) is 9.93. The topological polar surface area (TPSA) is 109 Å². The van der Waals surface area contributed by atoms with Crippen molar-refractivity contribution in [3.05, 3.63) is 95.2 Å². The van der Waals surface area contributed by atoms with Crippen molar-refractivity contribution >= 4 is 24.1 Å². The highest BCUT2D eigenvalue weighted by Gasteiger charge is 2.16. The van der Waals surface area contributed by atoms with E-state index in [1.807, 2.05) is 0 Å². The van der Waals surface area contributed by atoms with E-state index in [-0.39, 0.29) is 11.4 Å². The molecule has 3 N–H and O–H groups in total. The number of phenolic OH excluding ortho intramolecular Hbond substituents is 1. The smallest absolute Gasteiger partial charge is 0.287 e. The first kappa shape index (κ1) is 23.1. The predicted octanol–water partition coefficient (Wildman–Crippen LogP) is 3.33. The number of amides is 2. The number of hydrogen-bond acceptors (Lipinski definition) is 6. The number of nitrogens with one attached hydrogen (secondary N) is 2. The fourth-order valence-electron chi connectivity index (χ4n) is 2.85. The van der Waals surface area contributed by atoms with Gasteiger partial charge in [0.15, 0.2) is 0 Å². The molecule has 168 valence electrons. The van der Waals surface area contributed by atoms with Gasteiger partial charge in [0, 0.05) is 22.8 Å². The van der Waals surface area contributed by atoms with Crippen LogP contribution in [0.15, 0.2) is 83.6 Å². The molecule has 33 heavy (non-hydrogen) atoms. The lowest BCUT2D eigenvalue weighted by Gasteiger charge is -2.11. The number of carbonyl (C=O) groups is 2. The molecule has 0 radical (unpaired) electrons. The molecule has 0 fully saturated rings. The Balaban J connectivity index is 1.89. The fraction of sp³-hybridized carbons (Fsp3) is 0.0800. The van der Waals surface area contributed by atoms with Crippen LogP contribution in [0, 0.1) is 0 Å². The van der Waals surface area contributed by atoms with Crippen LogP contribution in [0.2, 0.25) is 0 Å². The van der Waals surface area contributed by atoms with Crippen molar-refractivity contribution in [2.45, 2.75) is 0 Å². The highest BCUT2D eigenvalue weighted by atomic mass is 16.5. The van der Waals surface area contributed by atoms with Crippen molar-refractivity contribution in [3.8, 4) is 17.2 Å². The summed E-state index contributed by atoms with van der Waals surface area (Å²) in [5.41, 5.74) is 3.66. The van der Waals surface area contributed by atoms with Gasteiger partial charge in [0.2, 0.25) is 0 Å². The van der Waals surface area contributed by atoms with E-state index in [0.717, 1.165) is 0 Å². The average molecular weight is 445 g/mol. The number of nitrogens with zero attached hydrogens (tertiary/aromatic N) is 1. The third kappa shape index (κ3) is 6.20. The Morgan fingerprint density at radius 1 is 0.909 bits per heavy atom. The maximum Gasteiger partial charge on any atom is 0.287 e. The summed E-state index contributed by atoms with van der Waals surface area (Å²) in [6, 6.07) is 20.1. The van der Waals surface area contributed by atoms with Gasteiger partial charge in [0.1, 0.15) is 22.9 Å². The Labute approximate surface area is 191 Å². The number of para-hydroxylation sites is 1. The third-order valence-electron chi connectivity index (χ3n) is 4.58. The summed E-state index contributed by atoms with van der Waals surface area (Å²) in [6.07, 6.45) is 2.78. The van der Waals surface area contributed by atoms with Crippen LogP contribution in [0.25, 0.3) is 6.08 Å². The molecule has 0 heterocycles. The van der Waals surface area contributed by atoms with Crippen LogP contribution in [-0.4, -0.2) is 37.4 Å². The Bertz CT molecular complexity index is 1190. The molecule has 0 spiro atoms. The summed E-state index contributed by atoms with van der Waals surface area (Å²) in [5, 5.41) is 16.3. The standard InChI is InChI=1S/C25H23N3O5/c1-32-20-13-12-18(23(15-20)33-2)14-21(27-24(30)17-8-4-3-5-9-17)25(31)28-26-16-19-10-6-7-11-22(19)29/h3-16,29H,1-2H3,(H,27,30)(H,28,31). The lowest BCUT2D eigenvalue weighted by Crippen LogP contribution is -2.32. The number of rotatable bonds is 8. The van der Waals surface area contributed by atoms with Gasteiger partial charge in [-0.2, -0.15) is 5.10 Å². The first-order chi connectivity index (χ1) is 16.0. The van der Waals surface area contributed by atoms with Gasteiger partial charge in [-0.15, -0.1) is 0 Å². The molecule has 0 aromatic heterocycles. The Morgan fingerprint density at radius 2 is 1.64 bits per heavy atom. The van der Waals surface area contributed by atoms with Crippen LogP contribution >= 0.6 is 0 Å². The van der Waals surface area contributed by atoms with Gasteiger partial charge in [0.25, 0.3) is 11.8 Å². The minimum atomic E-state index is -0.663. The van der Waals surface area contributed by atoms with Gasteiger partial charge in [-0.05, 0) is 42.5 Å². The largest absolute Gasteiger partial charge is 0.507 e. The van der Waals surface area contributed by atoms with E-state index in [9.17, 15) is 14.7 Å². The molecule has 3 aromatic carbocycles. The van der Waals surface area contributed by atoms with Crippen molar-refractivity contribution in [3.63, 3.8) is 0 Å². The summed E-state index contributed by atoms with van der Waals surface area (Å²) in [5.74, 6) is -0.0773. The second-order valence-corrected chi connectivity index (χ2v) is 6.74. The maximum absolute atomic E-state index is 12.9. The monoisotopic (exact) mass is 445 g/mol. The van der Waals surface area contributed by atoms with Crippen LogP contribution in [0.4, 0.5) is 0 Å². The van der Waals surface area contributed by atoms with Crippen LogP contribution in [0.3, 0.4) is 0 Å². The van der Waals surface area contributed by atoms with E-state index < -0.39 is 11.8 Å². The molecule has 3 aromatic rings. The molecule has 8 nitrogen and oxygen atoms in total. The normalized spacial score (nSPS) is 11.2. The minimum Gasteiger partial charge on any atom is -0.507 e. The molecule has 0 aliphatic heterocycles. The second-order valence-electron chi connectivity index (χ2n) is 6.74. The molecule has 0 aliphatic rings. The van der Waals surface area contributed by atoms with E-state index in [1.165, 1.54) is 32.6 Å². The van der Waals surface area contributed by atoms with Gasteiger partial charge in [-0.25, -0.2) is 5.43 Å². The lowest BCUT2D eigenvalue weighted by atomic mass is 10.1. The van der Waals surface area contributed by atoms with Gasteiger partial charge in [0.05, 0.1) is 20.4 Å². The van der Waals surface area contributed by atoms with Crippen LogP contribution in [0.5, 0.6) is 17.2 Å². The van der Waals surface area contributed by atoms with Gasteiger partial charge < -0.3 is 19.9 Å². The zero-order chi connectivity index (χ0) is 23.6. The van der Waals surface area contributed by atoms with Crippen LogP contribution in [-0.2, 0) is 4.79 Å². The molecule has 2 amide bonds. The molecular weight excluding hydrogens is 422 g/mol. The number of benzene rings is 3. The van der Waals surface area contributed by atoms with Crippen molar-refractivity contribution in [2.24, 2.45) is 5.10 Å². The number of hydrazone groups is 1. The zero-order valence-electron chi connectivity index (χ0n) is 18.1. The molecule has 8 heteroatoms. The number of ether oxygens (including phenoxy) is 2. The average Bonchev–Trinajstić information content (AvgIpc) is 2.85. The summed E-state index contributed by atoms with van der Waals surface area (Å²) >= 11 is 0. The molecule has 0 aliphatic carbocycles. The molecule has 0 saturated heterocycles. The van der Waals surface area contributed by atoms with E-state index in [4.69, 9.17) is 9.47 Å².